The number of amides is 1. The molecule has 2 aliphatic heterocycles. The van der Waals surface area contributed by atoms with E-state index in [9.17, 15) is 29.7 Å². The second-order valence-corrected chi connectivity index (χ2v) is 12.6. The van der Waals surface area contributed by atoms with E-state index in [4.69, 9.17) is 14.2 Å². The lowest BCUT2D eigenvalue weighted by Crippen LogP contribution is -2.60. The molecule has 3 rings (SSSR count). The van der Waals surface area contributed by atoms with Gasteiger partial charge in [-0.1, -0.05) is 34.6 Å². The molecule has 3 fully saturated rings. The maximum atomic E-state index is 13.5. The summed E-state index contributed by atoms with van der Waals surface area (Å²) < 4.78 is 17.1. The number of ether oxygens (including phenoxy) is 3. The molecule has 10 atom stereocenters. The summed E-state index contributed by atoms with van der Waals surface area (Å²) in [7, 11) is 1.48. The van der Waals surface area contributed by atoms with Crippen LogP contribution in [0.3, 0.4) is 0 Å². The average Bonchev–Trinajstić information content (AvgIpc) is 2.93. The third-order valence-electron chi connectivity index (χ3n) is 9.40. The van der Waals surface area contributed by atoms with Crippen molar-refractivity contribution in [2.45, 2.75) is 135 Å². The number of hydrogen-bond donors (Lipinski definition) is 3. The predicted molar refractivity (Wildman–Crippen MR) is 147 cm³/mol. The zero-order chi connectivity index (χ0) is 29.8. The fourth-order valence-electron chi connectivity index (χ4n) is 6.83. The molecule has 3 N–H and O–H groups in total. The zero-order valence-corrected chi connectivity index (χ0v) is 25.1. The van der Waals surface area contributed by atoms with Gasteiger partial charge in [-0.3, -0.25) is 9.59 Å². The predicted octanol–water partition coefficient (Wildman–Crippen LogP) is 2.59. The highest BCUT2D eigenvalue weighted by Gasteiger charge is 2.52. The number of carbonyl (C=O) groups is 3. The Labute approximate surface area is 238 Å². The van der Waals surface area contributed by atoms with E-state index >= 15 is 0 Å². The summed E-state index contributed by atoms with van der Waals surface area (Å²) >= 11 is 0. The normalized spacial score (nSPS) is 36.6. The number of carbonyl (C=O) groups excluding carboxylic acids is 3. The topological polar surface area (TPSA) is 143 Å². The van der Waals surface area contributed by atoms with Gasteiger partial charge in [0.25, 0.3) is 11.7 Å². The van der Waals surface area contributed by atoms with Gasteiger partial charge < -0.3 is 34.4 Å². The molecule has 0 spiro atoms. The van der Waals surface area contributed by atoms with Crippen LogP contribution in [0.5, 0.6) is 0 Å². The number of nitrogens with zero attached hydrogens (tertiary/aromatic N) is 1. The first-order valence-corrected chi connectivity index (χ1v) is 15.2. The SMILES string of the molecule is CCC1CCC(C)C(O)(C(=O)C(=O)N2CCCCC2C(=O)OC(C(C)C)C(C)CC2CCC(O)C(OC)C2O)O1. The lowest BCUT2D eigenvalue weighted by molar-refractivity contribution is -0.263. The van der Waals surface area contributed by atoms with Gasteiger partial charge in [0.05, 0.1) is 18.3 Å². The highest BCUT2D eigenvalue weighted by molar-refractivity contribution is 6.39. The Balaban J connectivity index is 1.71. The first-order valence-electron chi connectivity index (χ1n) is 15.2. The second-order valence-electron chi connectivity index (χ2n) is 12.6. The van der Waals surface area contributed by atoms with E-state index in [1.165, 1.54) is 12.0 Å². The number of piperidine rings is 1. The van der Waals surface area contributed by atoms with E-state index in [2.05, 4.69) is 0 Å². The first-order chi connectivity index (χ1) is 18.8. The van der Waals surface area contributed by atoms with Crippen LogP contribution in [0.15, 0.2) is 0 Å². The van der Waals surface area contributed by atoms with Crippen molar-refractivity contribution in [3.63, 3.8) is 0 Å². The summed E-state index contributed by atoms with van der Waals surface area (Å²) in [6, 6.07) is -0.920. The molecule has 10 unspecified atom stereocenters. The van der Waals surface area contributed by atoms with Crippen LogP contribution in [0.2, 0.25) is 0 Å². The minimum absolute atomic E-state index is 0.0268. The monoisotopic (exact) mass is 569 g/mol. The van der Waals surface area contributed by atoms with E-state index in [0.717, 1.165) is 0 Å². The Morgan fingerprint density at radius 2 is 1.75 bits per heavy atom. The number of Topliss-reactive ketones (excluding diaryl/α,β-unsaturated/α-hetero) is 1. The van der Waals surface area contributed by atoms with Crippen LogP contribution in [-0.2, 0) is 28.6 Å². The largest absolute Gasteiger partial charge is 0.460 e. The quantitative estimate of drug-likeness (QED) is 0.267. The molecule has 0 radical (unpaired) electrons. The highest BCUT2D eigenvalue weighted by Crippen LogP contribution is 2.36. The van der Waals surface area contributed by atoms with E-state index in [0.29, 0.717) is 57.8 Å². The fraction of sp³-hybridized carbons (Fsp3) is 0.900. The maximum Gasteiger partial charge on any atom is 0.329 e. The van der Waals surface area contributed by atoms with Crippen molar-refractivity contribution >= 4 is 17.7 Å². The minimum atomic E-state index is -2.20. The van der Waals surface area contributed by atoms with Crippen LogP contribution < -0.4 is 0 Å². The van der Waals surface area contributed by atoms with Crippen LogP contribution in [0, 0.1) is 23.7 Å². The molecule has 0 aromatic heterocycles. The lowest BCUT2D eigenvalue weighted by Gasteiger charge is -2.42. The molecule has 3 aliphatic rings. The molecular formula is C30H51NO9. The van der Waals surface area contributed by atoms with Crippen molar-refractivity contribution in [2.24, 2.45) is 23.7 Å². The number of likely N-dealkylation sites (tertiary alicyclic amines) is 1. The second kappa shape index (κ2) is 14.1. The van der Waals surface area contributed by atoms with Crippen LogP contribution >= 0.6 is 0 Å². The molecule has 10 nitrogen and oxygen atoms in total. The Hall–Kier alpha value is -1.59. The summed E-state index contributed by atoms with van der Waals surface area (Å²) in [5.41, 5.74) is 0. The van der Waals surface area contributed by atoms with Crippen molar-refractivity contribution in [3.05, 3.63) is 0 Å². The minimum Gasteiger partial charge on any atom is -0.460 e. The number of methoxy groups -OCH3 is 1. The highest BCUT2D eigenvalue weighted by atomic mass is 16.6. The number of esters is 1. The Morgan fingerprint density at radius 3 is 2.38 bits per heavy atom. The van der Waals surface area contributed by atoms with Gasteiger partial charge in [0.2, 0.25) is 5.79 Å². The number of aliphatic hydroxyl groups is 3. The lowest BCUT2D eigenvalue weighted by atomic mass is 9.76. The molecule has 0 aromatic carbocycles. The summed E-state index contributed by atoms with van der Waals surface area (Å²) in [6.07, 6.45) is 2.40. The fourth-order valence-corrected chi connectivity index (χ4v) is 6.83. The number of ketones is 1. The molecule has 40 heavy (non-hydrogen) atoms. The van der Waals surface area contributed by atoms with Crippen molar-refractivity contribution in [1.82, 2.24) is 4.90 Å². The van der Waals surface area contributed by atoms with Crippen molar-refractivity contribution in [2.75, 3.05) is 13.7 Å². The van der Waals surface area contributed by atoms with E-state index in [1.54, 1.807) is 6.92 Å². The summed E-state index contributed by atoms with van der Waals surface area (Å²) in [5.74, 6) is -5.47. The smallest absolute Gasteiger partial charge is 0.329 e. The van der Waals surface area contributed by atoms with Gasteiger partial charge in [-0.2, -0.15) is 0 Å². The first kappa shape index (κ1) is 32.9. The standard InChI is InChI=1S/C30H51NO9/c1-7-21-13-11-19(5)30(37,40-21)27(34)28(35)31-15-9-8-10-22(31)29(36)39-25(17(2)3)18(4)16-20-12-14-23(32)26(38-6)24(20)33/h17-26,32-33,37H,7-16H2,1-6H3. The molecule has 0 aromatic rings. The third-order valence-corrected chi connectivity index (χ3v) is 9.40. The van der Waals surface area contributed by atoms with Gasteiger partial charge in [0.15, 0.2) is 0 Å². The van der Waals surface area contributed by atoms with E-state index < -0.39 is 59.8 Å². The van der Waals surface area contributed by atoms with Crippen LogP contribution in [-0.4, -0.2) is 93.9 Å². The number of aliphatic hydroxyl groups excluding tert-OH is 2. The Morgan fingerprint density at radius 1 is 1.05 bits per heavy atom. The molecular weight excluding hydrogens is 518 g/mol. The van der Waals surface area contributed by atoms with Gasteiger partial charge in [-0.15, -0.1) is 0 Å². The Bertz CT molecular complexity index is 881. The van der Waals surface area contributed by atoms with Crippen LogP contribution in [0.4, 0.5) is 0 Å². The maximum absolute atomic E-state index is 13.5. The molecule has 0 bridgehead atoms. The molecule has 230 valence electrons. The van der Waals surface area contributed by atoms with Gasteiger partial charge in [-0.05, 0) is 75.5 Å². The molecule has 2 heterocycles. The van der Waals surface area contributed by atoms with Crippen molar-refractivity contribution in [3.8, 4) is 0 Å². The zero-order valence-electron chi connectivity index (χ0n) is 25.1. The third kappa shape index (κ3) is 7.06. The summed E-state index contributed by atoms with van der Waals surface area (Å²) in [4.78, 5) is 41.6. The van der Waals surface area contributed by atoms with Crippen molar-refractivity contribution in [1.29, 1.82) is 0 Å². The summed E-state index contributed by atoms with van der Waals surface area (Å²) in [6.45, 7) is 9.73. The van der Waals surface area contributed by atoms with Gasteiger partial charge in [-0.25, -0.2) is 4.79 Å². The molecule has 2 saturated heterocycles. The summed E-state index contributed by atoms with van der Waals surface area (Å²) in [5, 5.41) is 32.1. The van der Waals surface area contributed by atoms with E-state index in [1.807, 2.05) is 27.7 Å². The van der Waals surface area contributed by atoms with Crippen LogP contribution in [0.1, 0.15) is 92.4 Å². The average molecular weight is 570 g/mol. The van der Waals surface area contributed by atoms with Crippen molar-refractivity contribution < 1.29 is 43.9 Å². The Kier molecular flexibility index (Phi) is 11.6. The van der Waals surface area contributed by atoms with E-state index in [-0.39, 0.29) is 30.4 Å². The molecule has 1 saturated carbocycles. The van der Waals surface area contributed by atoms with Gasteiger partial charge in [0.1, 0.15) is 18.2 Å². The van der Waals surface area contributed by atoms with Gasteiger partial charge in [0, 0.05) is 19.6 Å². The number of rotatable bonds is 10. The van der Waals surface area contributed by atoms with Gasteiger partial charge >= 0.3 is 5.97 Å². The number of hydrogen-bond acceptors (Lipinski definition) is 9. The molecule has 1 aliphatic carbocycles. The molecule has 10 heteroatoms. The van der Waals surface area contributed by atoms with Crippen LogP contribution in [0.25, 0.3) is 0 Å². The molecule has 1 amide bonds.